The smallest absolute Gasteiger partial charge is 0.323 e. The van der Waals surface area contributed by atoms with Crippen molar-refractivity contribution in [2.45, 2.75) is 20.1 Å². The summed E-state index contributed by atoms with van der Waals surface area (Å²) < 4.78 is 7.53. The summed E-state index contributed by atoms with van der Waals surface area (Å²) in [7, 11) is 0. The monoisotopic (exact) mass is 296 g/mol. The van der Waals surface area contributed by atoms with Gasteiger partial charge in [-0.05, 0) is 24.6 Å². The molecule has 1 aromatic heterocycles. The van der Waals surface area contributed by atoms with Crippen molar-refractivity contribution in [3.05, 3.63) is 59.9 Å². The minimum absolute atomic E-state index is 0.107. The Bertz CT molecular complexity index is 809. The van der Waals surface area contributed by atoms with Crippen LogP contribution in [0.5, 0.6) is 5.75 Å². The molecule has 0 unspecified atom stereocenters. The molecule has 0 amide bonds. The van der Waals surface area contributed by atoms with Gasteiger partial charge < -0.3 is 14.4 Å². The zero-order valence-electron chi connectivity index (χ0n) is 12.2. The van der Waals surface area contributed by atoms with Gasteiger partial charge in [0.2, 0.25) is 0 Å². The Hall–Kier alpha value is -2.82. The highest BCUT2D eigenvalue weighted by Crippen LogP contribution is 2.26. The summed E-state index contributed by atoms with van der Waals surface area (Å²) in [6.45, 7) is 2.14. The topological polar surface area (TPSA) is 64.4 Å². The standard InChI is InChI=1S/C17H16N2O3/c1-12-18-17-14(19(12)10-16(20)21)8-5-9-15(17)22-11-13-6-3-2-4-7-13/h2-9H,10-11H2,1H3,(H,20,21). The van der Waals surface area contributed by atoms with Crippen LogP contribution in [0.3, 0.4) is 0 Å². The van der Waals surface area contributed by atoms with Crippen LogP contribution in [0.1, 0.15) is 11.4 Å². The molecule has 0 saturated heterocycles. The zero-order chi connectivity index (χ0) is 15.5. The van der Waals surface area contributed by atoms with Crippen molar-refractivity contribution >= 4 is 17.0 Å². The molecule has 0 aliphatic carbocycles. The lowest BCUT2D eigenvalue weighted by Crippen LogP contribution is -2.09. The second-order valence-corrected chi connectivity index (χ2v) is 5.04. The third kappa shape index (κ3) is 2.79. The van der Waals surface area contributed by atoms with E-state index in [-0.39, 0.29) is 6.54 Å². The van der Waals surface area contributed by atoms with E-state index in [1.165, 1.54) is 0 Å². The highest BCUT2D eigenvalue weighted by molar-refractivity contribution is 5.83. The third-order valence-corrected chi connectivity index (χ3v) is 3.46. The van der Waals surface area contributed by atoms with Gasteiger partial charge in [0.05, 0.1) is 5.52 Å². The normalized spacial score (nSPS) is 10.8. The lowest BCUT2D eigenvalue weighted by atomic mass is 10.2. The molecule has 112 valence electrons. The SMILES string of the molecule is Cc1nc2c(OCc3ccccc3)cccc2n1CC(=O)O. The van der Waals surface area contributed by atoms with Crippen molar-refractivity contribution < 1.29 is 14.6 Å². The number of imidazole rings is 1. The minimum atomic E-state index is -0.891. The Labute approximate surface area is 127 Å². The molecule has 0 saturated carbocycles. The number of aromatic nitrogens is 2. The summed E-state index contributed by atoms with van der Waals surface area (Å²) in [5.41, 5.74) is 2.53. The number of para-hydroxylation sites is 1. The predicted octanol–water partition coefficient (Wildman–Crippen LogP) is 3.01. The number of aryl methyl sites for hydroxylation is 1. The average molecular weight is 296 g/mol. The van der Waals surface area contributed by atoms with Crippen LogP contribution in [0.4, 0.5) is 0 Å². The fourth-order valence-electron chi connectivity index (χ4n) is 2.42. The number of carboxylic acids is 1. The molecule has 3 rings (SSSR count). The number of rotatable bonds is 5. The number of nitrogens with zero attached hydrogens (tertiary/aromatic N) is 2. The van der Waals surface area contributed by atoms with E-state index in [2.05, 4.69) is 4.98 Å². The van der Waals surface area contributed by atoms with Crippen LogP contribution in [0.2, 0.25) is 0 Å². The Morgan fingerprint density at radius 2 is 1.95 bits per heavy atom. The summed E-state index contributed by atoms with van der Waals surface area (Å²) in [6, 6.07) is 15.4. The van der Waals surface area contributed by atoms with Crippen molar-refractivity contribution in [3.63, 3.8) is 0 Å². The molecule has 0 atom stereocenters. The van der Waals surface area contributed by atoms with Gasteiger partial charge in [-0.25, -0.2) is 4.98 Å². The van der Waals surface area contributed by atoms with Gasteiger partial charge in [0.25, 0.3) is 0 Å². The second kappa shape index (κ2) is 5.89. The molecule has 3 aromatic rings. The first-order valence-electron chi connectivity index (χ1n) is 6.99. The molecule has 0 radical (unpaired) electrons. The van der Waals surface area contributed by atoms with Gasteiger partial charge in [-0.2, -0.15) is 0 Å². The number of benzene rings is 2. The van der Waals surface area contributed by atoms with Crippen molar-refractivity contribution in [3.8, 4) is 5.75 Å². The largest absolute Gasteiger partial charge is 0.487 e. The first-order chi connectivity index (χ1) is 10.6. The summed E-state index contributed by atoms with van der Waals surface area (Å²) in [5, 5.41) is 9.01. The van der Waals surface area contributed by atoms with Gasteiger partial charge in [-0.3, -0.25) is 4.79 Å². The van der Waals surface area contributed by atoms with Gasteiger partial charge >= 0.3 is 5.97 Å². The summed E-state index contributed by atoms with van der Waals surface area (Å²) in [4.78, 5) is 15.4. The van der Waals surface area contributed by atoms with Crippen molar-refractivity contribution in [2.24, 2.45) is 0 Å². The Balaban J connectivity index is 1.92. The first-order valence-corrected chi connectivity index (χ1v) is 6.99. The van der Waals surface area contributed by atoms with Crippen molar-refractivity contribution in [1.29, 1.82) is 0 Å². The summed E-state index contributed by atoms with van der Waals surface area (Å²) >= 11 is 0. The van der Waals surface area contributed by atoms with Crippen LogP contribution < -0.4 is 4.74 Å². The first kappa shape index (κ1) is 14.1. The third-order valence-electron chi connectivity index (χ3n) is 3.46. The van der Waals surface area contributed by atoms with Gasteiger partial charge in [0.1, 0.15) is 30.2 Å². The van der Waals surface area contributed by atoms with Gasteiger partial charge in [0.15, 0.2) is 0 Å². The van der Waals surface area contributed by atoms with Crippen LogP contribution >= 0.6 is 0 Å². The molecule has 5 nitrogen and oxygen atoms in total. The van der Waals surface area contributed by atoms with E-state index in [9.17, 15) is 4.79 Å². The zero-order valence-corrected chi connectivity index (χ0v) is 12.2. The number of hydrogen-bond donors (Lipinski definition) is 1. The fraction of sp³-hybridized carbons (Fsp3) is 0.176. The van der Waals surface area contributed by atoms with E-state index in [1.807, 2.05) is 48.5 Å². The van der Waals surface area contributed by atoms with E-state index in [0.29, 0.717) is 23.7 Å². The van der Waals surface area contributed by atoms with Crippen LogP contribution in [0, 0.1) is 6.92 Å². The number of hydrogen-bond acceptors (Lipinski definition) is 3. The molecule has 0 fully saturated rings. The van der Waals surface area contributed by atoms with Crippen LogP contribution in [-0.4, -0.2) is 20.6 Å². The molecule has 1 N–H and O–H groups in total. The number of carboxylic acid groups (broad SMARTS) is 1. The number of ether oxygens (including phenoxy) is 1. The highest BCUT2D eigenvalue weighted by Gasteiger charge is 2.13. The summed E-state index contributed by atoms with van der Waals surface area (Å²) in [5.74, 6) is 0.430. The maximum absolute atomic E-state index is 11.0. The van der Waals surface area contributed by atoms with Gasteiger partial charge in [-0.15, -0.1) is 0 Å². The molecule has 0 bridgehead atoms. The van der Waals surface area contributed by atoms with E-state index in [1.54, 1.807) is 11.5 Å². The van der Waals surface area contributed by atoms with Crippen molar-refractivity contribution in [2.75, 3.05) is 0 Å². The molecular weight excluding hydrogens is 280 g/mol. The number of carbonyl (C=O) groups is 1. The minimum Gasteiger partial charge on any atom is -0.487 e. The molecule has 0 spiro atoms. The second-order valence-electron chi connectivity index (χ2n) is 5.04. The average Bonchev–Trinajstić information content (AvgIpc) is 2.82. The maximum atomic E-state index is 11.0. The predicted molar refractivity (Wildman–Crippen MR) is 82.9 cm³/mol. The fourth-order valence-corrected chi connectivity index (χ4v) is 2.42. The molecule has 1 heterocycles. The Morgan fingerprint density at radius 3 is 2.68 bits per heavy atom. The number of fused-ring (bicyclic) bond motifs is 1. The Kier molecular flexibility index (Phi) is 3.78. The highest BCUT2D eigenvalue weighted by atomic mass is 16.5. The molecule has 5 heteroatoms. The molecule has 2 aromatic carbocycles. The quantitative estimate of drug-likeness (QED) is 0.786. The molecule has 0 aliphatic rings. The van der Waals surface area contributed by atoms with Crippen LogP contribution in [0.15, 0.2) is 48.5 Å². The molecular formula is C17H16N2O3. The number of aliphatic carboxylic acids is 1. The Morgan fingerprint density at radius 1 is 1.18 bits per heavy atom. The summed E-state index contributed by atoms with van der Waals surface area (Å²) in [6.07, 6.45) is 0. The van der Waals surface area contributed by atoms with Crippen LogP contribution in [-0.2, 0) is 17.9 Å². The van der Waals surface area contributed by atoms with Crippen molar-refractivity contribution in [1.82, 2.24) is 9.55 Å². The van der Waals surface area contributed by atoms with Crippen LogP contribution in [0.25, 0.3) is 11.0 Å². The molecule has 0 aliphatic heterocycles. The van der Waals surface area contributed by atoms with E-state index in [4.69, 9.17) is 9.84 Å². The van der Waals surface area contributed by atoms with E-state index in [0.717, 1.165) is 11.1 Å². The van der Waals surface area contributed by atoms with Gasteiger partial charge in [0, 0.05) is 0 Å². The van der Waals surface area contributed by atoms with E-state index >= 15 is 0 Å². The maximum Gasteiger partial charge on any atom is 0.323 e. The molecule has 22 heavy (non-hydrogen) atoms. The lowest BCUT2D eigenvalue weighted by Gasteiger charge is -2.07. The lowest BCUT2D eigenvalue weighted by molar-refractivity contribution is -0.137. The van der Waals surface area contributed by atoms with E-state index < -0.39 is 5.97 Å². The van der Waals surface area contributed by atoms with Gasteiger partial charge in [-0.1, -0.05) is 36.4 Å².